The van der Waals surface area contributed by atoms with Crippen LogP contribution in [0.4, 0.5) is 0 Å². The second-order valence-electron chi connectivity index (χ2n) is 3.80. The number of phenolic OH excluding ortho intramolecular Hbond substituents is 2. The molecule has 0 amide bonds. The summed E-state index contributed by atoms with van der Waals surface area (Å²) in [5.41, 5.74) is 6.14. The summed E-state index contributed by atoms with van der Waals surface area (Å²) < 4.78 is 0. The zero-order chi connectivity index (χ0) is 10.3. The molecule has 0 unspecified atom stereocenters. The Kier molecular flexibility index (Phi) is 2.09. The lowest BCUT2D eigenvalue weighted by atomic mass is 9.72. The maximum absolute atomic E-state index is 9.66. The van der Waals surface area contributed by atoms with E-state index in [-0.39, 0.29) is 16.5 Å². The summed E-state index contributed by atoms with van der Waals surface area (Å²) >= 11 is 5.65. The molecule has 1 saturated carbocycles. The van der Waals surface area contributed by atoms with Crippen LogP contribution in [-0.2, 0) is 5.54 Å². The Morgan fingerprint density at radius 2 is 1.86 bits per heavy atom. The Labute approximate surface area is 87.1 Å². The van der Waals surface area contributed by atoms with Crippen molar-refractivity contribution in [2.24, 2.45) is 5.73 Å². The highest BCUT2D eigenvalue weighted by atomic mass is 35.5. The largest absolute Gasteiger partial charge is 0.504 e. The predicted octanol–water partition coefficient (Wildman–Crippen LogP) is 2.09. The second-order valence-corrected chi connectivity index (χ2v) is 4.21. The van der Waals surface area contributed by atoms with E-state index in [1.165, 1.54) is 0 Å². The van der Waals surface area contributed by atoms with Gasteiger partial charge in [-0.3, -0.25) is 0 Å². The number of hydrogen-bond donors (Lipinski definition) is 3. The molecule has 3 nitrogen and oxygen atoms in total. The fourth-order valence-electron chi connectivity index (χ4n) is 1.78. The third-order valence-corrected chi connectivity index (χ3v) is 3.19. The van der Waals surface area contributed by atoms with Crippen LogP contribution in [0.15, 0.2) is 12.1 Å². The summed E-state index contributed by atoms with van der Waals surface area (Å²) in [6.45, 7) is 0. The predicted molar refractivity (Wildman–Crippen MR) is 54.5 cm³/mol. The average molecular weight is 214 g/mol. The molecule has 0 bridgehead atoms. The van der Waals surface area contributed by atoms with Crippen LogP contribution >= 0.6 is 11.6 Å². The Morgan fingerprint density at radius 3 is 2.36 bits per heavy atom. The molecule has 0 atom stereocenters. The smallest absolute Gasteiger partial charge is 0.176 e. The van der Waals surface area contributed by atoms with Crippen molar-refractivity contribution in [1.82, 2.24) is 0 Å². The number of nitrogens with two attached hydrogens (primary N) is 1. The Hall–Kier alpha value is -0.930. The molecule has 4 heteroatoms. The molecule has 0 saturated heterocycles. The van der Waals surface area contributed by atoms with Crippen LogP contribution in [0.25, 0.3) is 0 Å². The van der Waals surface area contributed by atoms with Crippen molar-refractivity contribution in [2.75, 3.05) is 0 Å². The summed E-state index contributed by atoms with van der Waals surface area (Å²) in [6.07, 6.45) is 2.72. The number of hydrogen-bond acceptors (Lipinski definition) is 3. The molecule has 0 aliphatic heterocycles. The minimum Gasteiger partial charge on any atom is -0.504 e. The standard InChI is InChI=1S/C10H12ClNO2/c11-7-3-2-6(8(13)9(7)14)10(12)4-1-5-10/h2-3,13-14H,1,4-5,12H2. The van der Waals surface area contributed by atoms with Gasteiger partial charge in [-0.1, -0.05) is 17.7 Å². The second kappa shape index (κ2) is 3.04. The molecule has 4 N–H and O–H groups in total. The summed E-state index contributed by atoms with van der Waals surface area (Å²) in [4.78, 5) is 0. The monoisotopic (exact) mass is 213 g/mol. The fourth-order valence-corrected chi connectivity index (χ4v) is 1.94. The summed E-state index contributed by atoms with van der Waals surface area (Å²) in [5, 5.41) is 19.2. The van der Waals surface area contributed by atoms with Gasteiger partial charge in [-0.2, -0.15) is 0 Å². The van der Waals surface area contributed by atoms with Crippen LogP contribution in [0.2, 0.25) is 5.02 Å². The fraction of sp³-hybridized carbons (Fsp3) is 0.400. The van der Waals surface area contributed by atoms with E-state index in [0.29, 0.717) is 5.56 Å². The van der Waals surface area contributed by atoms with Gasteiger partial charge >= 0.3 is 0 Å². The van der Waals surface area contributed by atoms with E-state index in [2.05, 4.69) is 0 Å². The van der Waals surface area contributed by atoms with Crippen LogP contribution in [0.3, 0.4) is 0 Å². The lowest BCUT2D eigenvalue weighted by molar-refractivity contribution is 0.243. The lowest BCUT2D eigenvalue weighted by Gasteiger charge is -2.38. The number of benzene rings is 1. The first-order valence-corrected chi connectivity index (χ1v) is 4.92. The zero-order valence-corrected chi connectivity index (χ0v) is 8.38. The van der Waals surface area contributed by atoms with Crippen molar-refractivity contribution in [3.05, 3.63) is 22.7 Å². The van der Waals surface area contributed by atoms with E-state index in [4.69, 9.17) is 17.3 Å². The van der Waals surface area contributed by atoms with Gasteiger partial charge in [-0.25, -0.2) is 0 Å². The molecule has 1 aromatic rings. The van der Waals surface area contributed by atoms with Crippen LogP contribution in [0.5, 0.6) is 11.5 Å². The summed E-state index contributed by atoms with van der Waals surface area (Å²) in [6, 6.07) is 3.23. The van der Waals surface area contributed by atoms with E-state index in [9.17, 15) is 10.2 Å². The van der Waals surface area contributed by atoms with E-state index in [0.717, 1.165) is 19.3 Å². The highest BCUT2D eigenvalue weighted by molar-refractivity contribution is 6.32. The Balaban J connectivity index is 2.49. The highest BCUT2D eigenvalue weighted by Gasteiger charge is 2.37. The molecule has 0 aromatic heterocycles. The molecule has 1 aliphatic rings. The summed E-state index contributed by atoms with van der Waals surface area (Å²) in [7, 11) is 0. The molecule has 1 aromatic carbocycles. The molecule has 1 aliphatic carbocycles. The van der Waals surface area contributed by atoms with Crippen molar-refractivity contribution in [2.45, 2.75) is 24.8 Å². The molecule has 2 rings (SSSR count). The van der Waals surface area contributed by atoms with Crippen molar-refractivity contribution in [3.8, 4) is 11.5 Å². The Bertz CT molecular complexity index is 375. The minimum absolute atomic E-state index is 0.147. The van der Waals surface area contributed by atoms with Crippen molar-refractivity contribution in [1.29, 1.82) is 0 Å². The summed E-state index contributed by atoms with van der Waals surface area (Å²) in [5.74, 6) is -0.458. The van der Waals surface area contributed by atoms with Gasteiger partial charge in [-0.05, 0) is 25.3 Å². The first-order valence-electron chi connectivity index (χ1n) is 4.54. The topological polar surface area (TPSA) is 66.5 Å². The Morgan fingerprint density at radius 1 is 1.21 bits per heavy atom. The van der Waals surface area contributed by atoms with Gasteiger partial charge in [0.2, 0.25) is 0 Å². The van der Waals surface area contributed by atoms with E-state index in [1.807, 2.05) is 0 Å². The molecular formula is C10H12ClNO2. The van der Waals surface area contributed by atoms with Gasteiger partial charge in [0.05, 0.1) is 5.02 Å². The maximum atomic E-state index is 9.66. The number of phenols is 2. The van der Waals surface area contributed by atoms with E-state index >= 15 is 0 Å². The molecule has 0 radical (unpaired) electrons. The van der Waals surface area contributed by atoms with Gasteiger partial charge < -0.3 is 15.9 Å². The number of rotatable bonds is 1. The lowest BCUT2D eigenvalue weighted by Crippen LogP contribution is -2.43. The molecule has 76 valence electrons. The third-order valence-electron chi connectivity index (χ3n) is 2.88. The average Bonchev–Trinajstić information content (AvgIpc) is 2.11. The first-order chi connectivity index (χ1) is 6.54. The van der Waals surface area contributed by atoms with Crippen molar-refractivity contribution >= 4 is 11.6 Å². The highest BCUT2D eigenvalue weighted by Crippen LogP contribution is 2.46. The molecular weight excluding hydrogens is 202 g/mol. The van der Waals surface area contributed by atoms with Crippen molar-refractivity contribution in [3.63, 3.8) is 0 Å². The molecule has 14 heavy (non-hydrogen) atoms. The zero-order valence-electron chi connectivity index (χ0n) is 7.63. The molecule has 0 heterocycles. The van der Waals surface area contributed by atoms with E-state index in [1.54, 1.807) is 12.1 Å². The minimum atomic E-state index is -0.480. The first kappa shape index (κ1) is 9.62. The SMILES string of the molecule is NC1(c2ccc(Cl)c(O)c2O)CCC1. The van der Waals surface area contributed by atoms with Crippen LogP contribution in [-0.4, -0.2) is 10.2 Å². The van der Waals surface area contributed by atoms with Crippen molar-refractivity contribution < 1.29 is 10.2 Å². The van der Waals surface area contributed by atoms with Gasteiger partial charge in [0.25, 0.3) is 0 Å². The number of halogens is 1. The van der Waals surface area contributed by atoms with Crippen LogP contribution in [0.1, 0.15) is 24.8 Å². The van der Waals surface area contributed by atoms with Gasteiger partial charge in [0, 0.05) is 11.1 Å². The van der Waals surface area contributed by atoms with Gasteiger partial charge in [0.1, 0.15) is 0 Å². The number of aromatic hydroxyl groups is 2. The normalized spacial score (nSPS) is 19.0. The molecule has 0 spiro atoms. The van der Waals surface area contributed by atoms with Crippen LogP contribution < -0.4 is 5.73 Å². The molecule has 1 fully saturated rings. The van der Waals surface area contributed by atoms with Crippen LogP contribution in [0, 0.1) is 0 Å². The van der Waals surface area contributed by atoms with E-state index < -0.39 is 5.54 Å². The third kappa shape index (κ3) is 1.24. The maximum Gasteiger partial charge on any atom is 0.176 e. The van der Waals surface area contributed by atoms with Gasteiger partial charge in [-0.15, -0.1) is 0 Å². The van der Waals surface area contributed by atoms with Gasteiger partial charge in [0.15, 0.2) is 11.5 Å². The quantitative estimate of drug-likeness (QED) is 0.626.